The Kier molecular flexibility index (Phi) is 9.24. The van der Waals surface area contributed by atoms with Gasteiger partial charge in [0.25, 0.3) is 11.8 Å². The molecule has 1 aromatic carbocycles. The number of carbonyl (C=O) groups excluding carboxylic acids is 4. The number of ether oxygens (including phenoxy) is 2. The molecule has 0 aliphatic carbocycles. The number of aromatic nitrogens is 1. The Labute approximate surface area is 193 Å². The minimum absolute atomic E-state index is 0.0377. The number of nitrogens with two attached hydrogens (primary N) is 2. The van der Waals surface area contributed by atoms with E-state index in [9.17, 15) is 23.6 Å². The Balaban J connectivity index is 2.47. The molecule has 0 bridgehead atoms. The van der Waals surface area contributed by atoms with Gasteiger partial charge in [0.1, 0.15) is 23.3 Å². The van der Waals surface area contributed by atoms with Crippen LogP contribution in [0.4, 0.5) is 10.1 Å². The summed E-state index contributed by atoms with van der Waals surface area (Å²) < 4.78 is 27.2. The first-order valence-electron chi connectivity index (χ1n) is 9.74. The number of hydrogen-bond donors (Lipinski definition) is 3. The summed E-state index contributed by atoms with van der Waals surface area (Å²) in [5.74, 6) is -3.57. The maximum absolute atomic E-state index is 13.5. The lowest BCUT2D eigenvalue weighted by Gasteiger charge is -2.31. The molecule has 13 heteroatoms. The van der Waals surface area contributed by atoms with Gasteiger partial charge in [0, 0.05) is 13.7 Å². The second-order valence-electron chi connectivity index (χ2n) is 6.61. The quantitative estimate of drug-likeness (QED) is 0.389. The molecule has 3 amide bonds. The largest absolute Gasteiger partial charge is 0.465 e. The summed E-state index contributed by atoms with van der Waals surface area (Å²) >= 11 is 0.652. The predicted molar refractivity (Wildman–Crippen MR) is 117 cm³/mol. The minimum Gasteiger partial charge on any atom is -0.465 e. The molecule has 0 unspecified atom stereocenters. The molecule has 0 aliphatic rings. The van der Waals surface area contributed by atoms with Gasteiger partial charge in [-0.3, -0.25) is 19.2 Å². The SMILES string of the molecule is CCOC(=O)CNC(=O)[C@H](c1ccc(F)cc1)N(CCOC)C(=O)c1snc(C(N)=O)c1N. The number of methoxy groups -OCH3 is 1. The first kappa shape index (κ1) is 25.7. The zero-order valence-electron chi connectivity index (χ0n) is 18.0. The van der Waals surface area contributed by atoms with Gasteiger partial charge < -0.3 is 31.2 Å². The van der Waals surface area contributed by atoms with E-state index in [-0.39, 0.29) is 41.6 Å². The Bertz CT molecular complexity index is 1010. The summed E-state index contributed by atoms with van der Waals surface area (Å²) in [6, 6.07) is 3.64. The molecule has 2 rings (SSSR count). The topological polar surface area (TPSA) is 167 Å². The summed E-state index contributed by atoms with van der Waals surface area (Å²) in [6.07, 6.45) is 0. The van der Waals surface area contributed by atoms with E-state index < -0.39 is 42.1 Å². The summed E-state index contributed by atoms with van der Waals surface area (Å²) in [5.41, 5.74) is 10.9. The molecule has 1 heterocycles. The molecule has 0 radical (unpaired) electrons. The van der Waals surface area contributed by atoms with Gasteiger partial charge in [-0.1, -0.05) is 12.1 Å². The zero-order chi connectivity index (χ0) is 24.5. The molecule has 178 valence electrons. The van der Waals surface area contributed by atoms with Crippen LogP contribution in [0, 0.1) is 5.82 Å². The molecular weight excluding hydrogens is 457 g/mol. The zero-order valence-corrected chi connectivity index (χ0v) is 18.8. The highest BCUT2D eigenvalue weighted by molar-refractivity contribution is 7.09. The Morgan fingerprint density at radius 1 is 1.24 bits per heavy atom. The van der Waals surface area contributed by atoms with Gasteiger partial charge in [-0.25, -0.2) is 4.39 Å². The lowest BCUT2D eigenvalue weighted by molar-refractivity contribution is -0.143. The number of rotatable bonds is 11. The van der Waals surface area contributed by atoms with Crippen molar-refractivity contribution in [3.63, 3.8) is 0 Å². The third-order valence-electron chi connectivity index (χ3n) is 4.41. The van der Waals surface area contributed by atoms with Crippen LogP contribution in [-0.2, 0) is 19.1 Å². The molecular formula is C20H24FN5O6S. The molecule has 0 saturated heterocycles. The first-order chi connectivity index (χ1) is 15.7. The third kappa shape index (κ3) is 6.46. The average molecular weight is 482 g/mol. The average Bonchev–Trinajstić information content (AvgIpc) is 3.17. The smallest absolute Gasteiger partial charge is 0.325 e. The second-order valence-corrected chi connectivity index (χ2v) is 7.38. The van der Waals surface area contributed by atoms with E-state index >= 15 is 0 Å². The van der Waals surface area contributed by atoms with E-state index in [0.29, 0.717) is 11.5 Å². The molecule has 0 fully saturated rings. The molecule has 0 aliphatic heterocycles. The highest BCUT2D eigenvalue weighted by Crippen LogP contribution is 2.28. The highest BCUT2D eigenvalue weighted by atomic mass is 32.1. The van der Waals surface area contributed by atoms with E-state index in [4.69, 9.17) is 20.9 Å². The van der Waals surface area contributed by atoms with E-state index in [1.165, 1.54) is 19.2 Å². The monoisotopic (exact) mass is 481 g/mol. The highest BCUT2D eigenvalue weighted by Gasteiger charge is 2.34. The van der Waals surface area contributed by atoms with Crippen LogP contribution < -0.4 is 16.8 Å². The molecule has 2 aromatic rings. The fourth-order valence-corrected chi connectivity index (χ4v) is 3.64. The molecule has 33 heavy (non-hydrogen) atoms. The summed E-state index contributed by atoms with van der Waals surface area (Å²) in [6.45, 7) is 1.27. The van der Waals surface area contributed by atoms with Gasteiger partial charge >= 0.3 is 5.97 Å². The fraction of sp³-hybridized carbons (Fsp3) is 0.350. The number of anilines is 1. The van der Waals surface area contributed by atoms with Gasteiger partial charge in [-0.15, -0.1) is 0 Å². The van der Waals surface area contributed by atoms with Crippen LogP contribution in [-0.4, -0.2) is 66.4 Å². The lowest BCUT2D eigenvalue weighted by atomic mass is 10.0. The van der Waals surface area contributed by atoms with Crippen molar-refractivity contribution in [3.8, 4) is 0 Å². The Morgan fingerprint density at radius 2 is 1.91 bits per heavy atom. The van der Waals surface area contributed by atoms with Crippen molar-refractivity contribution in [1.82, 2.24) is 14.6 Å². The summed E-state index contributed by atoms with van der Waals surface area (Å²) in [5, 5.41) is 2.42. The maximum Gasteiger partial charge on any atom is 0.325 e. The Hall–Kier alpha value is -3.58. The minimum atomic E-state index is -1.29. The molecule has 1 aromatic heterocycles. The van der Waals surface area contributed by atoms with Gasteiger partial charge in [0.05, 0.1) is 18.9 Å². The molecule has 0 spiro atoms. The standard InChI is InChI=1S/C20H24FN5O6S/c1-3-32-13(27)10-24-19(29)16(11-4-6-12(21)7-5-11)26(8-9-31-2)20(30)17-14(22)15(18(23)28)25-33-17/h4-7,16H,3,8-10,22H2,1-2H3,(H2,23,28)(H,24,29)/t16-/m0/s1. The summed E-state index contributed by atoms with van der Waals surface area (Å²) in [4.78, 5) is 50.7. The number of carbonyl (C=O) groups is 4. The van der Waals surface area contributed by atoms with Gasteiger partial charge in [-0.2, -0.15) is 4.37 Å². The first-order valence-corrected chi connectivity index (χ1v) is 10.5. The van der Waals surface area contributed by atoms with E-state index in [1.54, 1.807) is 6.92 Å². The van der Waals surface area contributed by atoms with Crippen LogP contribution in [0.15, 0.2) is 24.3 Å². The van der Waals surface area contributed by atoms with Crippen molar-refractivity contribution in [2.45, 2.75) is 13.0 Å². The Morgan fingerprint density at radius 3 is 2.45 bits per heavy atom. The normalized spacial score (nSPS) is 11.5. The summed E-state index contributed by atoms with van der Waals surface area (Å²) in [7, 11) is 1.41. The van der Waals surface area contributed by atoms with Crippen LogP contribution >= 0.6 is 11.5 Å². The van der Waals surface area contributed by atoms with E-state index in [1.807, 2.05) is 0 Å². The molecule has 5 N–H and O–H groups in total. The molecule has 11 nitrogen and oxygen atoms in total. The number of esters is 1. The fourth-order valence-electron chi connectivity index (χ4n) is 2.88. The van der Waals surface area contributed by atoms with Crippen LogP contribution in [0.5, 0.6) is 0 Å². The van der Waals surface area contributed by atoms with E-state index in [2.05, 4.69) is 9.69 Å². The van der Waals surface area contributed by atoms with Crippen molar-refractivity contribution in [2.24, 2.45) is 5.73 Å². The molecule has 0 saturated carbocycles. The van der Waals surface area contributed by atoms with Crippen LogP contribution in [0.25, 0.3) is 0 Å². The lowest BCUT2D eigenvalue weighted by Crippen LogP contribution is -2.46. The van der Waals surface area contributed by atoms with Crippen LogP contribution in [0.1, 0.15) is 38.7 Å². The van der Waals surface area contributed by atoms with Crippen molar-refractivity contribution in [2.75, 3.05) is 39.1 Å². The van der Waals surface area contributed by atoms with Crippen LogP contribution in [0.2, 0.25) is 0 Å². The number of nitrogen functional groups attached to an aromatic ring is 1. The third-order valence-corrected chi connectivity index (χ3v) is 5.26. The number of halogens is 1. The number of amides is 3. The van der Waals surface area contributed by atoms with Gasteiger partial charge in [-0.05, 0) is 36.2 Å². The molecule has 1 atom stereocenters. The number of primary amides is 1. The van der Waals surface area contributed by atoms with Gasteiger partial charge in [0.15, 0.2) is 5.69 Å². The van der Waals surface area contributed by atoms with Crippen molar-refractivity contribution in [3.05, 3.63) is 46.2 Å². The van der Waals surface area contributed by atoms with Crippen molar-refractivity contribution >= 4 is 40.9 Å². The maximum atomic E-state index is 13.5. The van der Waals surface area contributed by atoms with E-state index in [0.717, 1.165) is 17.0 Å². The second kappa shape index (κ2) is 11.9. The predicted octanol–water partition coefficient (Wildman–Crippen LogP) is 0.473. The van der Waals surface area contributed by atoms with Crippen LogP contribution in [0.3, 0.4) is 0 Å². The number of hydrogen-bond acceptors (Lipinski definition) is 9. The number of nitrogens with zero attached hydrogens (tertiary/aromatic N) is 2. The number of benzene rings is 1. The van der Waals surface area contributed by atoms with Crippen molar-refractivity contribution < 1.29 is 33.0 Å². The number of nitrogens with one attached hydrogen (secondary N) is 1. The van der Waals surface area contributed by atoms with Crippen molar-refractivity contribution in [1.29, 1.82) is 0 Å². The van der Waals surface area contributed by atoms with Gasteiger partial charge in [0.2, 0.25) is 5.91 Å².